The van der Waals surface area contributed by atoms with Crippen molar-refractivity contribution in [2.45, 2.75) is 40.2 Å². The van der Waals surface area contributed by atoms with E-state index in [-0.39, 0.29) is 18.0 Å². The molecule has 7 heteroatoms. The molecule has 0 fully saturated rings. The molecule has 0 radical (unpaired) electrons. The predicted molar refractivity (Wildman–Crippen MR) is 114 cm³/mol. The second-order valence-electron chi connectivity index (χ2n) is 7.10. The first-order valence-electron chi connectivity index (χ1n) is 9.39. The summed E-state index contributed by atoms with van der Waals surface area (Å²) in [6.45, 7) is 6.47. The quantitative estimate of drug-likeness (QED) is 0.640. The minimum Gasteiger partial charge on any atom is -0.344 e. The van der Waals surface area contributed by atoms with Gasteiger partial charge in [0.05, 0.1) is 11.2 Å². The van der Waals surface area contributed by atoms with E-state index < -0.39 is 5.69 Å². The van der Waals surface area contributed by atoms with Crippen LogP contribution < -0.4 is 11.2 Å². The number of hydrogen-bond donors (Lipinski definition) is 0. The summed E-state index contributed by atoms with van der Waals surface area (Å²) >= 11 is 1.29. The van der Waals surface area contributed by atoms with Gasteiger partial charge < -0.3 is 4.90 Å². The molecular weight excluding hydrogens is 374 g/mol. The first kappa shape index (κ1) is 20.1. The van der Waals surface area contributed by atoms with Crippen LogP contribution in [0.25, 0.3) is 15.9 Å². The summed E-state index contributed by atoms with van der Waals surface area (Å²) < 4.78 is 3.08. The van der Waals surface area contributed by atoms with E-state index >= 15 is 0 Å². The molecule has 0 unspecified atom stereocenters. The van der Waals surface area contributed by atoms with Gasteiger partial charge in [0.1, 0.15) is 11.2 Å². The van der Waals surface area contributed by atoms with Crippen molar-refractivity contribution in [2.24, 2.45) is 0 Å². The van der Waals surface area contributed by atoms with Gasteiger partial charge in [-0.25, -0.2) is 9.36 Å². The second kappa shape index (κ2) is 8.14. The van der Waals surface area contributed by atoms with Crippen LogP contribution in [-0.4, -0.2) is 33.5 Å². The van der Waals surface area contributed by atoms with Gasteiger partial charge in [-0.2, -0.15) is 0 Å². The molecule has 28 heavy (non-hydrogen) atoms. The van der Waals surface area contributed by atoms with Gasteiger partial charge in [-0.15, -0.1) is 11.3 Å². The number of fused-ring (bicyclic) bond motifs is 1. The summed E-state index contributed by atoms with van der Waals surface area (Å²) in [5.41, 5.74) is 2.13. The molecule has 2 heterocycles. The van der Waals surface area contributed by atoms with E-state index in [0.29, 0.717) is 22.4 Å². The van der Waals surface area contributed by atoms with Crippen molar-refractivity contribution in [2.75, 3.05) is 13.6 Å². The molecule has 0 spiro atoms. The van der Waals surface area contributed by atoms with Crippen LogP contribution >= 0.6 is 11.3 Å². The predicted octanol–water partition coefficient (Wildman–Crippen LogP) is 3.09. The minimum absolute atomic E-state index is 0.0858. The topological polar surface area (TPSA) is 64.3 Å². The molecular formula is C21H25N3O3S. The highest BCUT2D eigenvalue weighted by atomic mass is 32.1. The van der Waals surface area contributed by atoms with Crippen molar-refractivity contribution < 1.29 is 4.79 Å². The Morgan fingerprint density at radius 2 is 1.93 bits per heavy atom. The molecule has 0 atom stereocenters. The van der Waals surface area contributed by atoms with Crippen LogP contribution in [0.1, 0.15) is 30.9 Å². The SMILES string of the molecule is CCCCN(C)C(=O)Cn1c(=O)n(-c2ccc(C)cc2C)c(=O)c2sccc21. The van der Waals surface area contributed by atoms with Gasteiger partial charge in [0, 0.05) is 13.6 Å². The standard InChI is InChI=1S/C21H25N3O3S/c1-5-6-10-22(4)18(25)13-23-17-9-11-28-19(17)20(26)24(21(23)27)16-8-7-14(2)12-15(16)3/h7-9,11-12H,5-6,10,13H2,1-4H3. The molecule has 1 aromatic carbocycles. The summed E-state index contributed by atoms with van der Waals surface area (Å²) in [6, 6.07) is 7.33. The van der Waals surface area contributed by atoms with Crippen LogP contribution in [0.2, 0.25) is 0 Å². The van der Waals surface area contributed by atoms with Crippen molar-refractivity contribution in [3.8, 4) is 5.69 Å². The smallest absolute Gasteiger partial charge is 0.336 e. The lowest BCUT2D eigenvalue weighted by molar-refractivity contribution is -0.130. The number of aryl methyl sites for hydroxylation is 2. The van der Waals surface area contributed by atoms with E-state index in [0.717, 1.165) is 24.0 Å². The number of hydrogen-bond acceptors (Lipinski definition) is 4. The largest absolute Gasteiger partial charge is 0.344 e. The number of thiophene rings is 1. The normalized spacial score (nSPS) is 11.1. The van der Waals surface area contributed by atoms with Crippen molar-refractivity contribution in [3.63, 3.8) is 0 Å². The van der Waals surface area contributed by atoms with Crippen molar-refractivity contribution in [1.82, 2.24) is 14.0 Å². The second-order valence-corrected chi connectivity index (χ2v) is 8.02. The Labute approximate surface area is 167 Å². The maximum absolute atomic E-state index is 13.3. The Hall–Kier alpha value is -2.67. The van der Waals surface area contributed by atoms with Gasteiger partial charge in [0.15, 0.2) is 0 Å². The molecule has 3 rings (SSSR count). The highest BCUT2D eigenvalue weighted by Gasteiger charge is 2.19. The molecule has 0 aliphatic rings. The first-order valence-corrected chi connectivity index (χ1v) is 10.3. The molecule has 0 aliphatic carbocycles. The lowest BCUT2D eigenvalue weighted by Crippen LogP contribution is -2.42. The lowest BCUT2D eigenvalue weighted by atomic mass is 10.1. The van der Waals surface area contributed by atoms with Gasteiger partial charge in [-0.3, -0.25) is 14.2 Å². The Balaban J connectivity index is 2.16. The molecule has 2 aromatic heterocycles. The van der Waals surface area contributed by atoms with E-state index in [4.69, 9.17) is 0 Å². The number of carbonyl (C=O) groups excluding carboxylic acids is 1. The average Bonchev–Trinajstić information content (AvgIpc) is 3.14. The maximum Gasteiger partial charge on any atom is 0.336 e. The van der Waals surface area contributed by atoms with E-state index in [9.17, 15) is 14.4 Å². The fourth-order valence-electron chi connectivity index (χ4n) is 3.28. The van der Waals surface area contributed by atoms with Crippen molar-refractivity contribution in [1.29, 1.82) is 0 Å². The van der Waals surface area contributed by atoms with Crippen LogP contribution in [0, 0.1) is 13.8 Å². The number of amides is 1. The van der Waals surface area contributed by atoms with Crippen molar-refractivity contribution >= 4 is 27.5 Å². The zero-order chi connectivity index (χ0) is 20.4. The monoisotopic (exact) mass is 399 g/mol. The molecule has 0 bridgehead atoms. The van der Waals surface area contributed by atoms with Gasteiger partial charge in [-0.1, -0.05) is 31.0 Å². The third-order valence-corrected chi connectivity index (χ3v) is 5.81. The highest BCUT2D eigenvalue weighted by Crippen LogP contribution is 2.18. The van der Waals surface area contributed by atoms with Gasteiger partial charge in [0.25, 0.3) is 5.56 Å². The molecule has 1 amide bonds. The highest BCUT2D eigenvalue weighted by molar-refractivity contribution is 7.17. The number of carbonyl (C=O) groups is 1. The van der Waals surface area contributed by atoms with Crippen molar-refractivity contribution in [3.05, 3.63) is 61.6 Å². The molecule has 148 valence electrons. The molecule has 0 N–H and O–H groups in total. The van der Waals surface area contributed by atoms with Crippen LogP contribution in [0.15, 0.2) is 39.2 Å². The fraction of sp³-hybridized carbons (Fsp3) is 0.381. The minimum atomic E-state index is -0.486. The summed E-state index contributed by atoms with van der Waals surface area (Å²) in [6.07, 6.45) is 1.90. The molecule has 6 nitrogen and oxygen atoms in total. The Kier molecular flexibility index (Phi) is 5.84. The summed E-state index contributed by atoms with van der Waals surface area (Å²) in [5.74, 6) is -0.145. The molecule has 3 aromatic rings. The summed E-state index contributed by atoms with van der Waals surface area (Å²) in [5, 5.41) is 1.78. The number of rotatable bonds is 6. The Morgan fingerprint density at radius 1 is 1.18 bits per heavy atom. The van der Waals surface area contributed by atoms with Gasteiger partial charge in [0.2, 0.25) is 5.91 Å². The number of likely N-dealkylation sites (N-methyl/N-ethyl adjacent to an activating group) is 1. The maximum atomic E-state index is 13.3. The lowest BCUT2D eigenvalue weighted by Gasteiger charge is -2.19. The number of aromatic nitrogens is 2. The van der Waals surface area contributed by atoms with Crippen LogP contribution in [0.4, 0.5) is 0 Å². The number of nitrogens with zero attached hydrogens (tertiary/aromatic N) is 3. The van der Waals surface area contributed by atoms with E-state index in [1.54, 1.807) is 29.5 Å². The number of unbranched alkanes of at least 4 members (excludes halogenated alkanes) is 1. The van der Waals surface area contributed by atoms with E-state index in [1.807, 2.05) is 26.0 Å². The zero-order valence-electron chi connectivity index (χ0n) is 16.7. The average molecular weight is 400 g/mol. The van der Waals surface area contributed by atoms with Crippen LogP contribution in [0.3, 0.4) is 0 Å². The summed E-state index contributed by atoms with van der Waals surface area (Å²) in [7, 11) is 1.74. The first-order chi connectivity index (χ1) is 13.3. The van der Waals surface area contributed by atoms with Crippen LogP contribution in [0.5, 0.6) is 0 Å². The zero-order valence-corrected chi connectivity index (χ0v) is 17.5. The Morgan fingerprint density at radius 3 is 2.61 bits per heavy atom. The van der Waals surface area contributed by atoms with E-state index in [2.05, 4.69) is 6.92 Å². The third kappa shape index (κ3) is 3.67. The molecule has 0 saturated heterocycles. The van der Waals surface area contributed by atoms with E-state index in [1.165, 1.54) is 20.5 Å². The van der Waals surface area contributed by atoms with Gasteiger partial charge >= 0.3 is 5.69 Å². The molecule has 0 saturated carbocycles. The number of benzene rings is 1. The fourth-order valence-corrected chi connectivity index (χ4v) is 4.11. The van der Waals surface area contributed by atoms with Gasteiger partial charge in [-0.05, 0) is 43.3 Å². The molecule has 0 aliphatic heterocycles. The Bertz CT molecular complexity index is 1140. The summed E-state index contributed by atoms with van der Waals surface area (Å²) in [4.78, 5) is 40.6. The third-order valence-electron chi connectivity index (χ3n) is 4.91. The van der Waals surface area contributed by atoms with Crippen LogP contribution in [-0.2, 0) is 11.3 Å².